The highest BCUT2D eigenvalue weighted by molar-refractivity contribution is 7.71. The van der Waals surface area contributed by atoms with Gasteiger partial charge in [0.05, 0.1) is 12.6 Å². The van der Waals surface area contributed by atoms with Crippen molar-refractivity contribution >= 4 is 23.3 Å². The van der Waals surface area contributed by atoms with Crippen LogP contribution in [0, 0.1) is 17.5 Å². The van der Waals surface area contributed by atoms with Gasteiger partial charge in [-0.05, 0) is 55.0 Å². The molecule has 0 saturated heterocycles. The Labute approximate surface area is 120 Å². The molecule has 0 spiro atoms. The second-order valence-electron chi connectivity index (χ2n) is 4.55. The van der Waals surface area contributed by atoms with Gasteiger partial charge in [-0.3, -0.25) is 4.57 Å². The van der Waals surface area contributed by atoms with E-state index in [-0.39, 0.29) is 5.82 Å². The van der Waals surface area contributed by atoms with Crippen molar-refractivity contribution in [2.75, 3.05) is 7.11 Å². The molecule has 2 aromatic carbocycles. The van der Waals surface area contributed by atoms with Gasteiger partial charge in [-0.15, -0.1) is 0 Å². The molecule has 5 heteroatoms. The van der Waals surface area contributed by atoms with Gasteiger partial charge in [-0.2, -0.15) is 0 Å². The van der Waals surface area contributed by atoms with Crippen LogP contribution >= 0.6 is 12.2 Å². The maximum atomic E-state index is 13.4. The molecule has 1 heterocycles. The largest absolute Gasteiger partial charge is 0.494 e. The van der Waals surface area contributed by atoms with Crippen LogP contribution in [-0.4, -0.2) is 16.7 Å². The molecular weight excluding hydrogens is 275 g/mol. The lowest BCUT2D eigenvalue weighted by molar-refractivity contribution is 0.419. The third-order valence-electron chi connectivity index (χ3n) is 3.30. The van der Waals surface area contributed by atoms with Crippen LogP contribution in [0.2, 0.25) is 0 Å². The van der Waals surface area contributed by atoms with Gasteiger partial charge in [0.1, 0.15) is 17.1 Å². The predicted molar refractivity (Wildman–Crippen MR) is 79.7 cm³/mol. The first kappa shape index (κ1) is 12.9. The van der Waals surface area contributed by atoms with Crippen LogP contribution < -0.4 is 4.74 Å². The molecule has 1 N–H and O–H groups in total. The Morgan fingerprint density at radius 1 is 1.25 bits per heavy atom. The molecule has 0 radical (unpaired) electrons. The molecule has 0 unspecified atom stereocenters. The van der Waals surface area contributed by atoms with Crippen molar-refractivity contribution in [1.29, 1.82) is 0 Å². The number of halogens is 1. The van der Waals surface area contributed by atoms with E-state index in [1.54, 1.807) is 26.2 Å². The number of rotatable bonds is 2. The summed E-state index contributed by atoms with van der Waals surface area (Å²) in [5.74, 6) is 0.504. The average molecular weight is 288 g/mol. The first-order chi connectivity index (χ1) is 9.61. The van der Waals surface area contributed by atoms with E-state index in [1.165, 1.54) is 6.07 Å². The quantitative estimate of drug-likeness (QED) is 0.718. The smallest absolute Gasteiger partial charge is 0.182 e. The standard InChI is InChI=1S/C15H13FN2OS/c1-9-8-10(6-7-11(9)16)18-12-4-3-5-13(19-2)14(12)17-15(18)20/h3-8H,1-2H3,(H,17,20). The number of benzene rings is 2. The van der Waals surface area contributed by atoms with Gasteiger partial charge in [0, 0.05) is 5.69 Å². The molecule has 3 rings (SSSR count). The van der Waals surface area contributed by atoms with Crippen molar-refractivity contribution in [1.82, 2.24) is 9.55 Å². The van der Waals surface area contributed by atoms with Crippen molar-refractivity contribution < 1.29 is 9.13 Å². The fraction of sp³-hybridized carbons (Fsp3) is 0.133. The van der Waals surface area contributed by atoms with Crippen LogP contribution in [0.25, 0.3) is 16.7 Å². The van der Waals surface area contributed by atoms with Gasteiger partial charge >= 0.3 is 0 Å². The summed E-state index contributed by atoms with van der Waals surface area (Å²) in [6.07, 6.45) is 0. The van der Waals surface area contributed by atoms with E-state index < -0.39 is 0 Å². The highest BCUT2D eigenvalue weighted by atomic mass is 32.1. The van der Waals surface area contributed by atoms with Crippen LogP contribution in [-0.2, 0) is 0 Å². The number of fused-ring (bicyclic) bond motifs is 1. The van der Waals surface area contributed by atoms with Crippen molar-refractivity contribution in [2.24, 2.45) is 0 Å². The monoisotopic (exact) mass is 288 g/mol. The normalized spacial score (nSPS) is 10.9. The number of aromatic nitrogens is 2. The number of methoxy groups -OCH3 is 1. The summed E-state index contributed by atoms with van der Waals surface area (Å²) >= 11 is 5.38. The van der Waals surface area contributed by atoms with Gasteiger partial charge in [0.15, 0.2) is 4.77 Å². The summed E-state index contributed by atoms with van der Waals surface area (Å²) in [6, 6.07) is 10.7. The second kappa shape index (κ2) is 4.76. The number of imidazole rings is 1. The Morgan fingerprint density at radius 2 is 2.05 bits per heavy atom. The molecule has 0 amide bonds. The van der Waals surface area contributed by atoms with Gasteiger partial charge < -0.3 is 9.72 Å². The Balaban J connectivity index is 2.33. The summed E-state index contributed by atoms with van der Waals surface area (Å²) in [6.45, 7) is 1.73. The summed E-state index contributed by atoms with van der Waals surface area (Å²) in [5, 5.41) is 0. The number of H-pyrrole nitrogens is 1. The topological polar surface area (TPSA) is 29.9 Å². The van der Waals surface area contributed by atoms with Gasteiger partial charge in [0.2, 0.25) is 0 Å². The number of ether oxygens (including phenoxy) is 1. The number of hydrogen-bond acceptors (Lipinski definition) is 2. The number of aryl methyl sites for hydroxylation is 1. The molecule has 1 aromatic heterocycles. The molecule has 0 aliphatic heterocycles. The van der Waals surface area contributed by atoms with Crippen LogP contribution in [0.1, 0.15) is 5.56 Å². The first-order valence-electron chi connectivity index (χ1n) is 6.16. The molecule has 0 saturated carbocycles. The maximum absolute atomic E-state index is 13.4. The number of aromatic amines is 1. The Morgan fingerprint density at radius 3 is 2.75 bits per heavy atom. The number of nitrogens with zero attached hydrogens (tertiary/aromatic N) is 1. The van der Waals surface area contributed by atoms with Crippen LogP contribution in [0.3, 0.4) is 0 Å². The number of hydrogen-bond donors (Lipinski definition) is 1. The molecular formula is C15H13FN2OS. The summed E-state index contributed by atoms with van der Waals surface area (Å²) in [5.41, 5.74) is 3.15. The van der Waals surface area contributed by atoms with Crippen molar-refractivity contribution in [3.05, 3.63) is 52.5 Å². The summed E-state index contributed by atoms with van der Waals surface area (Å²) < 4.78 is 21.2. The fourth-order valence-corrected chi connectivity index (χ4v) is 2.60. The van der Waals surface area contributed by atoms with E-state index in [0.717, 1.165) is 22.5 Å². The molecule has 0 fully saturated rings. The minimum atomic E-state index is -0.224. The molecule has 0 bridgehead atoms. The lowest BCUT2D eigenvalue weighted by Crippen LogP contribution is -1.95. The van der Waals surface area contributed by atoms with Gasteiger partial charge in [-0.25, -0.2) is 4.39 Å². The van der Waals surface area contributed by atoms with Crippen molar-refractivity contribution in [2.45, 2.75) is 6.92 Å². The zero-order valence-electron chi connectivity index (χ0n) is 11.1. The highest BCUT2D eigenvalue weighted by Crippen LogP contribution is 2.27. The van der Waals surface area contributed by atoms with Crippen molar-refractivity contribution in [3.63, 3.8) is 0 Å². The Bertz CT molecular complexity index is 851. The van der Waals surface area contributed by atoms with E-state index in [9.17, 15) is 4.39 Å². The molecule has 20 heavy (non-hydrogen) atoms. The first-order valence-corrected chi connectivity index (χ1v) is 6.57. The number of nitrogens with one attached hydrogen (secondary N) is 1. The molecule has 102 valence electrons. The van der Waals surface area contributed by atoms with Crippen LogP contribution in [0.15, 0.2) is 36.4 Å². The lowest BCUT2D eigenvalue weighted by atomic mass is 10.2. The predicted octanol–water partition coefficient (Wildman–Crippen LogP) is 4.14. The van der Waals surface area contributed by atoms with E-state index in [2.05, 4.69) is 4.98 Å². The Kier molecular flexibility index (Phi) is 3.06. The van der Waals surface area contributed by atoms with E-state index in [1.807, 2.05) is 22.8 Å². The SMILES string of the molecule is COc1cccc2c1[nH]c(=S)n2-c1ccc(F)c(C)c1. The molecule has 0 aliphatic carbocycles. The van der Waals surface area contributed by atoms with Crippen LogP contribution in [0.4, 0.5) is 4.39 Å². The third kappa shape index (κ3) is 1.91. The summed E-state index contributed by atoms with van der Waals surface area (Å²) in [7, 11) is 1.62. The van der Waals surface area contributed by atoms with E-state index >= 15 is 0 Å². The maximum Gasteiger partial charge on any atom is 0.182 e. The molecule has 3 aromatic rings. The van der Waals surface area contributed by atoms with Crippen molar-refractivity contribution in [3.8, 4) is 11.4 Å². The van der Waals surface area contributed by atoms with E-state index in [4.69, 9.17) is 17.0 Å². The molecule has 0 atom stereocenters. The van der Waals surface area contributed by atoms with Gasteiger partial charge in [0.25, 0.3) is 0 Å². The minimum absolute atomic E-state index is 0.224. The molecule has 0 aliphatic rings. The van der Waals surface area contributed by atoms with Gasteiger partial charge in [-0.1, -0.05) is 6.07 Å². The molecule has 3 nitrogen and oxygen atoms in total. The zero-order valence-corrected chi connectivity index (χ0v) is 11.9. The summed E-state index contributed by atoms with van der Waals surface area (Å²) in [4.78, 5) is 3.14. The number of para-hydroxylation sites is 1. The Hall–Kier alpha value is -2.14. The third-order valence-corrected chi connectivity index (χ3v) is 3.58. The fourth-order valence-electron chi connectivity index (χ4n) is 2.30. The second-order valence-corrected chi connectivity index (χ2v) is 4.94. The minimum Gasteiger partial charge on any atom is -0.494 e. The lowest BCUT2D eigenvalue weighted by Gasteiger charge is -2.07. The average Bonchev–Trinajstić information content (AvgIpc) is 2.78. The highest BCUT2D eigenvalue weighted by Gasteiger charge is 2.11. The zero-order chi connectivity index (χ0) is 14.3. The van der Waals surface area contributed by atoms with E-state index in [0.29, 0.717) is 10.3 Å². The van der Waals surface area contributed by atoms with Crippen LogP contribution in [0.5, 0.6) is 5.75 Å².